The van der Waals surface area contributed by atoms with E-state index in [4.69, 9.17) is 4.42 Å². The quantitative estimate of drug-likeness (QED) is 0.757. The van der Waals surface area contributed by atoms with Crippen LogP contribution in [0.25, 0.3) is 0 Å². The number of furan rings is 1. The first-order valence-electron chi connectivity index (χ1n) is 8.04. The Hall–Kier alpha value is -2.26. The number of alkyl halides is 2. The normalized spacial score (nSPS) is 14.8. The largest absolute Gasteiger partial charge is 0.468 e. The van der Waals surface area contributed by atoms with Gasteiger partial charge in [0.15, 0.2) is 0 Å². The molecule has 1 aliphatic rings. The van der Waals surface area contributed by atoms with Crippen molar-refractivity contribution < 1.29 is 26.4 Å². The fraction of sp³-hybridized carbons (Fsp3) is 0.353. The summed E-state index contributed by atoms with van der Waals surface area (Å²) in [5.41, 5.74) is 0.344. The van der Waals surface area contributed by atoms with Crippen molar-refractivity contribution in [2.24, 2.45) is 0 Å². The lowest BCUT2D eigenvalue weighted by Gasteiger charge is -2.20. The van der Waals surface area contributed by atoms with E-state index >= 15 is 0 Å². The summed E-state index contributed by atoms with van der Waals surface area (Å²) in [6, 6.07) is 8.66. The maximum absolute atomic E-state index is 12.5. The van der Waals surface area contributed by atoms with Crippen LogP contribution in [-0.4, -0.2) is 37.6 Å². The Morgan fingerprint density at radius 3 is 2.46 bits per heavy atom. The molecule has 1 N–H and O–H groups in total. The van der Waals surface area contributed by atoms with Crippen molar-refractivity contribution in [3.63, 3.8) is 0 Å². The molecule has 1 heterocycles. The molecule has 9 heteroatoms. The van der Waals surface area contributed by atoms with Crippen LogP contribution in [0.4, 0.5) is 14.5 Å². The number of nitrogens with zero attached hydrogens (tertiary/aromatic N) is 1. The smallest absolute Gasteiger partial charge is 0.341 e. The number of benzene rings is 1. The highest BCUT2D eigenvalue weighted by Crippen LogP contribution is 2.28. The van der Waals surface area contributed by atoms with Crippen molar-refractivity contribution in [1.82, 2.24) is 4.90 Å². The third-order valence-corrected chi connectivity index (χ3v) is 5.45. The van der Waals surface area contributed by atoms with E-state index in [-0.39, 0.29) is 12.5 Å². The first kappa shape index (κ1) is 18.5. The van der Waals surface area contributed by atoms with Crippen LogP contribution in [0, 0.1) is 0 Å². The molecule has 1 aromatic heterocycles. The van der Waals surface area contributed by atoms with Crippen LogP contribution >= 0.6 is 0 Å². The molecule has 140 valence electrons. The van der Waals surface area contributed by atoms with Crippen LogP contribution in [0.15, 0.2) is 52.0 Å². The minimum absolute atomic E-state index is 0.155. The highest BCUT2D eigenvalue weighted by Gasteiger charge is 2.31. The van der Waals surface area contributed by atoms with E-state index in [0.717, 1.165) is 30.7 Å². The van der Waals surface area contributed by atoms with Gasteiger partial charge in [-0.05, 0) is 49.2 Å². The number of sulfone groups is 1. The van der Waals surface area contributed by atoms with Crippen molar-refractivity contribution in [3.8, 4) is 0 Å². The van der Waals surface area contributed by atoms with E-state index < -0.39 is 20.5 Å². The van der Waals surface area contributed by atoms with E-state index in [1.807, 2.05) is 11.0 Å². The van der Waals surface area contributed by atoms with Gasteiger partial charge in [0.2, 0.25) is 15.7 Å². The van der Waals surface area contributed by atoms with Gasteiger partial charge in [-0.1, -0.05) is 0 Å². The number of carbonyl (C=O) groups excluding carboxylic acids is 1. The van der Waals surface area contributed by atoms with Crippen LogP contribution in [0.5, 0.6) is 0 Å². The molecule has 2 aromatic rings. The SMILES string of the molecule is O=C(CN(Cc1ccco1)C1CC1)Nc1ccc(S(=O)(=O)C(F)F)cc1. The molecular formula is C17H18F2N2O4S. The molecule has 1 aliphatic carbocycles. The summed E-state index contributed by atoms with van der Waals surface area (Å²) in [4.78, 5) is 13.8. The van der Waals surface area contributed by atoms with Gasteiger partial charge < -0.3 is 9.73 Å². The standard InChI is InChI=1S/C17H18F2N2O4S/c18-17(19)26(23,24)15-7-3-12(4-8-15)20-16(22)11-21(13-5-6-13)10-14-2-1-9-25-14/h1-4,7-9,13,17H,5-6,10-11H2,(H,20,22). The molecule has 6 nitrogen and oxygen atoms in total. The fourth-order valence-corrected chi connectivity index (χ4v) is 3.29. The number of hydrogen-bond donors (Lipinski definition) is 1. The van der Waals surface area contributed by atoms with Crippen LogP contribution in [0.1, 0.15) is 18.6 Å². The molecule has 0 bridgehead atoms. The van der Waals surface area contributed by atoms with Crippen molar-refractivity contribution in [3.05, 3.63) is 48.4 Å². The first-order valence-corrected chi connectivity index (χ1v) is 9.59. The Balaban J connectivity index is 1.60. The van der Waals surface area contributed by atoms with Crippen molar-refractivity contribution >= 4 is 21.4 Å². The third-order valence-electron chi connectivity index (χ3n) is 4.05. The van der Waals surface area contributed by atoms with Crippen LogP contribution in [0.2, 0.25) is 0 Å². The second-order valence-corrected chi connectivity index (χ2v) is 8.01. The van der Waals surface area contributed by atoms with Gasteiger partial charge in [-0.15, -0.1) is 0 Å². The fourth-order valence-electron chi connectivity index (χ4n) is 2.57. The molecule has 0 radical (unpaired) electrons. The van der Waals surface area contributed by atoms with Crippen molar-refractivity contribution in [2.45, 2.75) is 36.1 Å². The van der Waals surface area contributed by atoms with Gasteiger partial charge in [-0.25, -0.2) is 8.42 Å². The molecule has 0 spiro atoms. The van der Waals surface area contributed by atoms with Crippen LogP contribution in [-0.2, 0) is 21.2 Å². The predicted octanol–water partition coefficient (Wildman–Crippen LogP) is 2.88. The third kappa shape index (κ3) is 4.47. The minimum Gasteiger partial charge on any atom is -0.468 e. The lowest BCUT2D eigenvalue weighted by Crippen LogP contribution is -2.34. The summed E-state index contributed by atoms with van der Waals surface area (Å²) >= 11 is 0. The Kier molecular flexibility index (Phi) is 5.38. The Morgan fingerprint density at radius 1 is 1.23 bits per heavy atom. The molecule has 0 saturated heterocycles. The molecule has 1 fully saturated rings. The lowest BCUT2D eigenvalue weighted by molar-refractivity contribution is -0.117. The second kappa shape index (κ2) is 7.55. The van der Waals surface area contributed by atoms with E-state index in [0.29, 0.717) is 18.3 Å². The topological polar surface area (TPSA) is 79.6 Å². The van der Waals surface area contributed by atoms with Gasteiger partial charge in [0.25, 0.3) is 0 Å². The predicted molar refractivity (Wildman–Crippen MR) is 90.4 cm³/mol. The summed E-state index contributed by atoms with van der Waals surface area (Å²) < 4.78 is 53.1. The zero-order valence-electron chi connectivity index (χ0n) is 13.8. The lowest BCUT2D eigenvalue weighted by atomic mass is 10.3. The number of rotatable bonds is 8. The molecule has 0 aliphatic heterocycles. The van der Waals surface area contributed by atoms with E-state index in [1.165, 1.54) is 12.1 Å². The van der Waals surface area contributed by atoms with Gasteiger partial charge in [0, 0.05) is 11.7 Å². The molecule has 1 aromatic carbocycles. The summed E-state index contributed by atoms with van der Waals surface area (Å²) in [5, 5.41) is 2.65. The molecule has 0 atom stereocenters. The number of hydrogen-bond acceptors (Lipinski definition) is 5. The monoisotopic (exact) mass is 384 g/mol. The highest BCUT2D eigenvalue weighted by molar-refractivity contribution is 7.91. The summed E-state index contributed by atoms with van der Waals surface area (Å²) in [6.07, 6.45) is 3.62. The molecule has 0 unspecified atom stereocenters. The first-order chi connectivity index (χ1) is 12.4. The number of anilines is 1. The Morgan fingerprint density at radius 2 is 1.92 bits per heavy atom. The van der Waals surface area contributed by atoms with E-state index in [1.54, 1.807) is 12.3 Å². The van der Waals surface area contributed by atoms with Gasteiger partial charge >= 0.3 is 5.76 Å². The minimum atomic E-state index is -4.64. The average Bonchev–Trinajstić information content (AvgIpc) is 3.32. The van der Waals surface area contributed by atoms with Crippen LogP contribution in [0.3, 0.4) is 0 Å². The zero-order chi connectivity index (χ0) is 18.7. The molecule has 26 heavy (non-hydrogen) atoms. The molecule has 3 rings (SSSR count). The van der Waals surface area contributed by atoms with Crippen LogP contribution < -0.4 is 5.32 Å². The molecular weight excluding hydrogens is 366 g/mol. The Labute approximate surface area is 149 Å². The van der Waals surface area contributed by atoms with E-state index in [2.05, 4.69) is 5.32 Å². The summed E-state index contributed by atoms with van der Waals surface area (Å²) in [7, 11) is -4.64. The maximum Gasteiger partial charge on any atom is 0.341 e. The van der Waals surface area contributed by atoms with E-state index in [9.17, 15) is 22.0 Å². The van der Waals surface area contributed by atoms with Gasteiger partial charge in [-0.2, -0.15) is 8.78 Å². The number of amides is 1. The average molecular weight is 384 g/mol. The molecule has 1 amide bonds. The second-order valence-electron chi connectivity index (χ2n) is 6.09. The number of carbonyl (C=O) groups is 1. The van der Waals surface area contributed by atoms with Crippen molar-refractivity contribution in [1.29, 1.82) is 0 Å². The van der Waals surface area contributed by atoms with Gasteiger partial charge in [0.05, 0.1) is 24.2 Å². The number of halogens is 2. The highest BCUT2D eigenvalue weighted by atomic mass is 32.2. The maximum atomic E-state index is 12.5. The van der Waals surface area contributed by atoms with Gasteiger partial charge in [0.1, 0.15) is 5.76 Å². The Bertz CT molecular complexity index is 847. The summed E-state index contributed by atoms with van der Waals surface area (Å²) in [6.45, 7) is 0.680. The van der Waals surface area contributed by atoms with Gasteiger partial charge in [-0.3, -0.25) is 9.69 Å². The molecule has 1 saturated carbocycles. The number of nitrogens with one attached hydrogen (secondary N) is 1. The van der Waals surface area contributed by atoms with Crippen molar-refractivity contribution in [2.75, 3.05) is 11.9 Å². The summed E-state index contributed by atoms with van der Waals surface area (Å²) in [5.74, 6) is -2.98. The zero-order valence-corrected chi connectivity index (χ0v) is 14.6.